The first-order chi connectivity index (χ1) is 26.8. The quantitative estimate of drug-likeness (QED) is 0.163. The van der Waals surface area contributed by atoms with Crippen molar-refractivity contribution >= 4 is 32.3 Å². The lowest BCUT2D eigenvalue weighted by molar-refractivity contribution is 1.07. The molecule has 10 aromatic rings. The van der Waals surface area contributed by atoms with E-state index >= 15 is 0 Å². The topological polar surface area (TPSA) is 38.7 Å². The molecular weight excluding hydrogens is 655 g/mol. The minimum atomic E-state index is 0.629. The second-order valence-electron chi connectivity index (χ2n) is 13.6. The third-order valence-corrected chi connectivity index (χ3v) is 10.3. The lowest BCUT2D eigenvalue weighted by Crippen LogP contribution is -2.01. The van der Waals surface area contributed by atoms with Gasteiger partial charge in [-0.25, -0.2) is 15.0 Å². The van der Waals surface area contributed by atoms with Crippen molar-refractivity contribution in [3.8, 4) is 67.5 Å². The zero-order chi connectivity index (χ0) is 35.8. The highest BCUT2D eigenvalue weighted by atomic mass is 15.0. The van der Waals surface area contributed by atoms with Gasteiger partial charge < -0.3 is 0 Å². The molecule has 0 spiro atoms. The second kappa shape index (κ2) is 13.4. The van der Waals surface area contributed by atoms with Gasteiger partial charge in [0.1, 0.15) is 0 Å². The Morgan fingerprint density at radius 1 is 0.204 bits per heavy atom. The molecule has 1 heterocycles. The summed E-state index contributed by atoms with van der Waals surface area (Å²) >= 11 is 0. The number of nitrogens with zero attached hydrogens (tertiary/aromatic N) is 3. The van der Waals surface area contributed by atoms with Crippen LogP contribution in [0, 0.1) is 0 Å². The average Bonchev–Trinajstić information content (AvgIpc) is 3.27. The first-order valence-electron chi connectivity index (χ1n) is 18.3. The monoisotopic (exact) mass is 687 g/mol. The van der Waals surface area contributed by atoms with Gasteiger partial charge in [0.15, 0.2) is 17.5 Å². The van der Waals surface area contributed by atoms with Gasteiger partial charge in [0.25, 0.3) is 0 Å². The molecule has 0 bridgehead atoms. The Labute approximate surface area is 313 Å². The van der Waals surface area contributed by atoms with Crippen molar-refractivity contribution in [1.29, 1.82) is 0 Å². The van der Waals surface area contributed by atoms with Gasteiger partial charge in [-0.05, 0) is 77.8 Å². The van der Waals surface area contributed by atoms with Crippen molar-refractivity contribution in [2.45, 2.75) is 0 Å². The van der Waals surface area contributed by atoms with E-state index in [0.29, 0.717) is 17.5 Å². The van der Waals surface area contributed by atoms with E-state index in [4.69, 9.17) is 15.0 Å². The van der Waals surface area contributed by atoms with Crippen molar-refractivity contribution in [3.05, 3.63) is 200 Å². The molecule has 0 unspecified atom stereocenters. The fourth-order valence-electron chi connectivity index (χ4n) is 7.67. The predicted octanol–water partition coefficient (Wildman–Crippen LogP) is 13.3. The maximum atomic E-state index is 5.19. The number of aromatic nitrogens is 3. The van der Waals surface area contributed by atoms with Crippen molar-refractivity contribution in [1.82, 2.24) is 15.0 Å². The number of fused-ring (bicyclic) bond motifs is 6. The molecule has 54 heavy (non-hydrogen) atoms. The Balaban J connectivity index is 1.12. The Bertz CT molecular complexity index is 2940. The van der Waals surface area contributed by atoms with E-state index in [1.165, 1.54) is 37.9 Å². The predicted molar refractivity (Wildman–Crippen MR) is 225 cm³/mol. The summed E-state index contributed by atoms with van der Waals surface area (Å²) in [5.74, 6) is 1.90. The molecule has 1 aromatic heterocycles. The normalized spacial score (nSPS) is 11.3. The van der Waals surface area contributed by atoms with Gasteiger partial charge in [-0.1, -0.05) is 188 Å². The maximum Gasteiger partial charge on any atom is 0.164 e. The molecule has 0 saturated heterocycles. The van der Waals surface area contributed by atoms with E-state index in [9.17, 15) is 0 Å². The van der Waals surface area contributed by atoms with Crippen LogP contribution in [0.2, 0.25) is 0 Å². The average molecular weight is 688 g/mol. The first-order valence-corrected chi connectivity index (χ1v) is 18.3. The van der Waals surface area contributed by atoms with Crippen molar-refractivity contribution < 1.29 is 0 Å². The summed E-state index contributed by atoms with van der Waals surface area (Å²) in [7, 11) is 0. The van der Waals surface area contributed by atoms with Crippen molar-refractivity contribution in [3.63, 3.8) is 0 Å². The fraction of sp³-hybridized carbons (Fsp3) is 0. The summed E-state index contributed by atoms with van der Waals surface area (Å²) in [4.78, 5) is 15.5. The van der Waals surface area contributed by atoms with Crippen LogP contribution in [0.15, 0.2) is 200 Å². The van der Waals surface area contributed by atoms with E-state index in [0.717, 1.165) is 44.5 Å². The van der Waals surface area contributed by atoms with Crippen LogP contribution >= 0.6 is 0 Å². The van der Waals surface area contributed by atoms with Gasteiger partial charge in [0, 0.05) is 16.7 Å². The molecule has 0 N–H and O–H groups in total. The van der Waals surface area contributed by atoms with E-state index in [1.54, 1.807) is 0 Å². The molecule has 0 amide bonds. The van der Waals surface area contributed by atoms with Crippen LogP contribution < -0.4 is 0 Å². The Morgan fingerprint density at radius 3 is 1.28 bits per heavy atom. The standard InChI is InChI=1S/C51H33N3/c1-3-14-34(15-4-1)35-26-28-37(29-27-35)49-52-50(54-51(53-49)47-25-12-7-20-41(47)36-16-5-2-6-17-36)40-19-13-18-38(32-40)39-30-31-46-44-23-9-8-21-42(44)43-22-10-11-24-45(43)48(46)33-39/h1-33H. The van der Waals surface area contributed by atoms with E-state index in [1.807, 2.05) is 18.2 Å². The van der Waals surface area contributed by atoms with Gasteiger partial charge in [0.05, 0.1) is 0 Å². The Morgan fingerprint density at radius 2 is 0.611 bits per heavy atom. The van der Waals surface area contributed by atoms with Gasteiger partial charge in [-0.2, -0.15) is 0 Å². The first kappa shape index (κ1) is 31.5. The number of rotatable bonds is 6. The summed E-state index contributed by atoms with van der Waals surface area (Å²) in [6, 6.07) is 70.5. The largest absolute Gasteiger partial charge is 0.208 e. The van der Waals surface area contributed by atoms with Gasteiger partial charge >= 0.3 is 0 Å². The summed E-state index contributed by atoms with van der Waals surface area (Å²) in [5, 5.41) is 7.57. The van der Waals surface area contributed by atoms with Crippen LogP contribution in [-0.2, 0) is 0 Å². The zero-order valence-electron chi connectivity index (χ0n) is 29.4. The van der Waals surface area contributed by atoms with Crippen LogP contribution in [-0.4, -0.2) is 15.0 Å². The smallest absolute Gasteiger partial charge is 0.164 e. The minimum absolute atomic E-state index is 0.629. The number of hydrogen-bond donors (Lipinski definition) is 0. The van der Waals surface area contributed by atoms with E-state index < -0.39 is 0 Å². The molecule has 9 aromatic carbocycles. The molecule has 0 aliphatic heterocycles. The molecule has 0 aliphatic carbocycles. The molecule has 3 nitrogen and oxygen atoms in total. The fourth-order valence-corrected chi connectivity index (χ4v) is 7.67. The second-order valence-corrected chi connectivity index (χ2v) is 13.6. The van der Waals surface area contributed by atoms with Crippen LogP contribution in [0.4, 0.5) is 0 Å². The summed E-state index contributed by atoms with van der Waals surface area (Å²) in [6.45, 7) is 0. The van der Waals surface area contributed by atoms with E-state index in [-0.39, 0.29) is 0 Å². The van der Waals surface area contributed by atoms with Gasteiger partial charge in [-0.3, -0.25) is 0 Å². The molecule has 252 valence electrons. The maximum absolute atomic E-state index is 5.19. The molecule has 0 aliphatic rings. The Kier molecular flexibility index (Phi) is 7.81. The molecule has 3 heteroatoms. The number of benzene rings is 9. The zero-order valence-corrected chi connectivity index (χ0v) is 29.4. The highest BCUT2D eigenvalue weighted by Gasteiger charge is 2.17. The van der Waals surface area contributed by atoms with Crippen LogP contribution in [0.25, 0.3) is 99.9 Å². The minimum Gasteiger partial charge on any atom is -0.208 e. The number of hydrogen-bond acceptors (Lipinski definition) is 3. The summed E-state index contributed by atoms with van der Waals surface area (Å²) < 4.78 is 0. The lowest BCUT2D eigenvalue weighted by Gasteiger charge is -2.13. The Hall–Kier alpha value is -7.23. The van der Waals surface area contributed by atoms with Gasteiger partial charge in [0.2, 0.25) is 0 Å². The summed E-state index contributed by atoms with van der Waals surface area (Å²) in [6.07, 6.45) is 0. The van der Waals surface area contributed by atoms with Crippen LogP contribution in [0.1, 0.15) is 0 Å². The highest BCUT2D eigenvalue weighted by molar-refractivity contribution is 6.25. The molecule has 0 atom stereocenters. The molecule has 0 saturated carbocycles. The SMILES string of the molecule is c1ccc(-c2ccc(-c3nc(-c4cccc(-c5ccc6c7ccccc7c7ccccc7c6c5)c4)nc(-c4ccccc4-c4ccccc4)n3)cc2)cc1. The van der Waals surface area contributed by atoms with Crippen LogP contribution in [0.5, 0.6) is 0 Å². The molecule has 10 rings (SSSR count). The molecule has 0 fully saturated rings. The summed E-state index contributed by atoms with van der Waals surface area (Å²) in [5.41, 5.74) is 9.57. The third kappa shape index (κ3) is 5.69. The van der Waals surface area contributed by atoms with Gasteiger partial charge in [-0.15, -0.1) is 0 Å². The van der Waals surface area contributed by atoms with Crippen LogP contribution in [0.3, 0.4) is 0 Å². The van der Waals surface area contributed by atoms with Crippen molar-refractivity contribution in [2.24, 2.45) is 0 Å². The highest BCUT2D eigenvalue weighted by Crippen LogP contribution is 2.38. The van der Waals surface area contributed by atoms with Crippen molar-refractivity contribution in [2.75, 3.05) is 0 Å². The van der Waals surface area contributed by atoms with E-state index in [2.05, 4.69) is 182 Å². The molecular formula is C51H33N3. The lowest BCUT2D eigenvalue weighted by atomic mass is 9.92. The molecule has 0 radical (unpaired) electrons. The third-order valence-electron chi connectivity index (χ3n) is 10.3.